The molecule has 3 aliphatic rings. The number of likely N-dealkylation sites (N-methyl/N-ethyl adjacent to an activating group) is 1. The van der Waals surface area contributed by atoms with Crippen LogP contribution in [0.2, 0.25) is 0 Å². The van der Waals surface area contributed by atoms with E-state index in [-0.39, 0.29) is 56.4 Å². The smallest absolute Gasteiger partial charge is 0.494 e. The number of benzene rings is 1. The number of ether oxygens (including phenoxy) is 1. The predicted octanol–water partition coefficient (Wildman–Crippen LogP) is 6.71. The molecule has 0 saturated carbocycles. The third-order valence-electron chi connectivity index (χ3n) is 15.9. The normalized spacial score (nSPS) is 17.6. The summed E-state index contributed by atoms with van der Waals surface area (Å²) in [5.41, 5.74) is 4.34. The highest BCUT2D eigenvalue weighted by molar-refractivity contribution is 7.85. The Morgan fingerprint density at radius 3 is 2.21 bits per heavy atom. The molecule has 476 valence electrons. The molecule has 0 spiro atoms. The Kier molecular flexibility index (Phi) is 24.7. The van der Waals surface area contributed by atoms with E-state index in [0.29, 0.717) is 105 Å². The van der Waals surface area contributed by atoms with E-state index in [0.717, 1.165) is 64.6 Å². The summed E-state index contributed by atoms with van der Waals surface area (Å²) in [6, 6.07) is 10.3. The van der Waals surface area contributed by atoms with Crippen LogP contribution in [0.5, 0.6) is 5.75 Å². The SMILES string of the molecule is CCC(NC(=O)CCCOc1ccc(/C=C/C2CC(CCCS(=O)(=O)O)C3=Cc4c(CCC[N+](C)(C)C)cc(-c5ccc(C)[nH]5)n4[B-](F)(F)N32)cc1)C(=O)NC(CCCC[N+](C)(C)C)C(=O)NCCN(C)CCCCCC(=O)ON1C(=O)CCC1=O. The second-order valence-corrected chi connectivity index (χ2v) is 27.0. The number of allylic oxidation sites excluding steroid dienone is 1. The van der Waals surface area contributed by atoms with Gasteiger partial charge in [-0.25, -0.2) is 4.79 Å². The Morgan fingerprint density at radius 2 is 1.56 bits per heavy atom. The van der Waals surface area contributed by atoms with Gasteiger partial charge in [0.2, 0.25) is 17.7 Å². The molecule has 3 aromatic rings. The minimum atomic E-state index is -4.39. The number of aryl methyl sites for hydroxylation is 2. The summed E-state index contributed by atoms with van der Waals surface area (Å²) in [7, 11) is 10.3. The number of fused-ring (bicyclic) bond motifs is 2. The van der Waals surface area contributed by atoms with Crippen molar-refractivity contribution in [3.63, 3.8) is 0 Å². The Hall–Kier alpha value is -6.41. The zero-order valence-electron chi connectivity index (χ0n) is 52.0. The third-order valence-corrected chi connectivity index (χ3v) is 16.7. The van der Waals surface area contributed by atoms with Crippen molar-refractivity contribution in [2.75, 3.05) is 94.4 Å². The van der Waals surface area contributed by atoms with Crippen molar-refractivity contribution in [2.45, 2.75) is 141 Å². The Balaban J connectivity index is 0.987. The molecule has 0 radical (unpaired) electrons. The van der Waals surface area contributed by atoms with Crippen LogP contribution in [0.4, 0.5) is 8.63 Å². The summed E-state index contributed by atoms with van der Waals surface area (Å²) in [5.74, 6) is -3.06. The summed E-state index contributed by atoms with van der Waals surface area (Å²) >= 11 is 0. The van der Waals surface area contributed by atoms with Crippen molar-refractivity contribution in [1.29, 1.82) is 0 Å². The molecule has 25 heteroatoms. The fourth-order valence-corrected chi connectivity index (χ4v) is 11.8. The van der Waals surface area contributed by atoms with Gasteiger partial charge in [0.15, 0.2) is 0 Å². The number of imide groups is 1. The van der Waals surface area contributed by atoms with Crippen LogP contribution < -0.4 is 20.7 Å². The van der Waals surface area contributed by atoms with E-state index in [1.165, 1.54) is 9.29 Å². The molecule has 1 aromatic carbocycles. The average molecular weight is 1220 g/mol. The highest BCUT2D eigenvalue weighted by Crippen LogP contribution is 2.48. The van der Waals surface area contributed by atoms with E-state index in [4.69, 9.17) is 9.57 Å². The number of aromatic amines is 1. The highest BCUT2D eigenvalue weighted by Gasteiger charge is 2.50. The van der Waals surface area contributed by atoms with Crippen molar-refractivity contribution < 1.29 is 68.9 Å². The van der Waals surface area contributed by atoms with Gasteiger partial charge in [-0.15, -0.1) is 5.06 Å². The second-order valence-electron chi connectivity index (χ2n) is 25.4. The standard InChI is InChI=1S/C61H93BF2N10O11S/c1-10-50(61(80)68-52(21-13-15-37-73(4,5)6)60(79)65-34-36-69(3)35-14-11-12-23-59(78)85-72-57(76)32-33-58(72)77)67-56(75)22-17-39-84-49-29-26-45(27-30-49)25-28-48-41-46(20-18-40-86(81,82)83)53-43-54-47(19-16-38-74(7,8)9)42-55(51-31-24-44(2)66-51)71(54)62(63,64)70(48)53/h24-31,42-43,46,48,50,52,66H,10-23,32-41H2,1-9H3,(H3-,65,67,68,75,79,80,81,82,83)/p+1/b28-25+. The fourth-order valence-electron chi connectivity index (χ4n) is 11.3. The molecule has 2 fully saturated rings. The number of nitrogens with zero attached hydrogens (tertiary/aromatic N) is 6. The molecule has 21 nitrogen and oxygen atoms in total. The Labute approximate surface area is 507 Å². The first kappa shape index (κ1) is 68.7. The lowest BCUT2D eigenvalue weighted by atomic mass is 9.86. The van der Waals surface area contributed by atoms with Crippen LogP contribution in [0.1, 0.15) is 132 Å². The van der Waals surface area contributed by atoms with Gasteiger partial charge in [0.05, 0.1) is 73.4 Å². The lowest BCUT2D eigenvalue weighted by Crippen LogP contribution is -2.56. The van der Waals surface area contributed by atoms with Gasteiger partial charge in [-0.2, -0.15) is 8.42 Å². The van der Waals surface area contributed by atoms with Crippen molar-refractivity contribution in [1.82, 2.24) is 40.2 Å². The number of halogens is 2. The first-order valence-corrected chi connectivity index (χ1v) is 32.1. The fraction of sp³-hybridized carbons (Fsp3) is 0.607. The van der Waals surface area contributed by atoms with Gasteiger partial charge in [-0.3, -0.25) is 28.5 Å². The number of amides is 5. The summed E-state index contributed by atoms with van der Waals surface area (Å²) in [6.45, 7) is 2.80. The summed E-state index contributed by atoms with van der Waals surface area (Å²) in [4.78, 5) is 87.4. The average Bonchev–Trinajstić information content (AvgIpc) is 1.54. The lowest BCUT2D eigenvalue weighted by molar-refractivity contribution is -0.870. The van der Waals surface area contributed by atoms with E-state index >= 15 is 8.63 Å². The van der Waals surface area contributed by atoms with E-state index in [9.17, 15) is 41.7 Å². The van der Waals surface area contributed by atoms with Gasteiger partial charge < -0.3 is 62.3 Å². The van der Waals surface area contributed by atoms with Crippen LogP contribution >= 0.6 is 0 Å². The number of carbonyl (C=O) groups excluding carboxylic acids is 6. The summed E-state index contributed by atoms with van der Waals surface area (Å²) in [6.07, 6.45) is 12.4. The zero-order chi connectivity index (χ0) is 63.0. The van der Waals surface area contributed by atoms with Crippen molar-refractivity contribution >= 4 is 64.7 Å². The van der Waals surface area contributed by atoms with Crippen LogP contribution in [-0.4, -0.2) is 201 Å². The van der Waals surface area contributed by atoms with Crippen LogP contribution in [0, 0.1) is 12.8 Å². The molecule has 4 atom stereocenters. The van der Waals surface area contributed by atoms with Gasteiger partial charge in [-0.05, 0) is 150 Å². The first-order chi connectivity index (χ1) is 40.5. The number of unbranched alkanes of at least 4 members (excludes halogenated alkanes) is 3. The van der Waals surface area contributed by atoms with Gasteiger partial charge in [0.1, 0.15) is 17.8 Å². The van der Waals surface area contributed by atoms with E-state index in [1.807, 2.05) is 50.4 Å². The minimum Gasteiger partial charge on any atom is -0.494 e. The number of hydrogen-bond donors (Lipinski definition) is 5. The Morgan fingerprint density at radius 1 is 0.860 bits per heavy atom. The lowest BCUT2D eigenvalue weighted by Gasteiger charge is -2.47. The summed E-state index contributed by atoms with van der Waals surface area (Å²) in [5, 5.41) is 9.25. The van der Waals surface area contributed by atoms with E-state index in [2.05, 4.69) is 68.1 Å². The monoisotopic (exact) mass is 1220 g/mol. The number of rotatable bonds is 36. The molecule has 6 rings (SSSR count). The quantitative estimate of drug-likeness (QED) is 0.0134. The van der Waals surface area contributed by atoms with Gasteiger partial charge in [0, 0.05) is 68.3 Å². The Bertz CT molecular complexity index is 2970. The molecule has 0 aliphatic carbocycles. The molecule has 2 aromatic heterocycles. The predicted molar refractivity (Wildman–Crippen MR) is 328 cm³/mol. The maximum absolute atomic E-state index is 17.6. The van der Waals surface area contributed by atoms with Crippen LogP contribution in [0.15, 0.2) is 54.2 Å². The molecule has 86 heavy (non-hydrogen) atoms. The number of H-pyrrole nitrogens is 1. The van der Waals surface area contributed by atoms with Crippen molar-refractivity contribution in [2.24, 2.45) is 5.92 Å². The van der Waals surface area contributed by atoms with Crippen LogP contribution in [0.25, 0.3) is 23.5 Å². The number of quaternary nitrogens is 2. The van der Waals surface area contributed by atoms with Gasteiger partial charge in [-0.1, -0.05) is 37.6 Å². The topological polar surface area (TPSA) is 242 Å². The van der Waals surface area contributed by atoms with Crippen molar-refractivity contribution in [3.05, 3.63) is 76.8 Å². The van der Waals surface area contributed by atoms with Gasteiger partial charge in [0.25, 0.3) is 21.9 Å². The number of carbonyl (C=O) groups is 6. The largest absolute Gasteiger partial charge is 0.529 e. The molecule has 0 bridgehead atoms. The zero-order valence-corrected chi connectivity index (χ0v) is 52.8. The summed E-state index contributed by atoms with van der Waals surface area (Å²) < 4.78 is 76.8. The number of aromatic nitrogens is 2. The molecular weight excluding hydrogens is 1130 g/mol. The van der Waals surface area contributed by atoms with Crippen LogP contribution in [0.3, 0.4) is 0 Å². The molecule has 4 unspecified atom stereocenters. The first-order valence-electron chi connectivity index (χ1n) is 30.5. The molecular formula is C61H94BF2N10O11S+. The number of nitrogens with one attached hydrogen (secondary N) is 4. The molecule has 5 N–H and O–H groups in total. The van der Waals surface area contributed by atoms with E-state index in [1.54, 1.807) is 31.2 Å². The number of hydroxylamine groups is 2. The molecule has 2 saturated heterocycles. The maximum Gasteiger partial charge on any atom is 0.529 e. The van der Waals surface area contributed by atoms with Crippen molar-refractivity contribution in [3.8, 4) is 17.1 Å². The molecule has 3 aliphatic heterocycles. The molecule has 5 heterocycles. The second kappa shape index (κ2) is 31.0. The minimum absolute atomic E-state index is 0.0415. The third kappa shape index (κ3) is 20.9. The molecule has 5 amide bonds. The van der Waals surface area contributed by atoms with E-state index < -0.39 is 64.7 Å². The highest BCUT2D eigenvalue weighted by atomic mass is 32.2. The van der Waals surface area contributed by atoms with Gasteiger partial charge >= 0.3 is 12.9 Å². The van der Waals surface area contributed by atoms with Crippen LogP contribution in [-0.2, 0) is 50.1 Å². The maximum atomic E-state index is 17.6. The number of hydrogen-bond acceptors (Lipinski definition) is 12.